The topological polar surface area (TPSA) is 15.6 Å². The molecule has 0 N–H and O–H groups in total. The van der Waals surface area contributed by atoms with E-state index in [9.17, 15) is 0 Å². The van der Waals surface area contributed by atoms with Crippen LogP contribution in [0.3, 0.4) is 0 Å². The smallest absolute Gasteiger partial charge is 0.110 e. The fraction of sp³-hybridized carbons (Fsp3) is 0.462. The van der Waals surface area contributed by atoms with Crippen molar-refractivity contribution < 1.29 is 0 Å². The minimum absolute atomic E-state index is 0.0620. The summed E-state index contributed by atoms with van der Waals surface area (Å²) in [5.74, 6) is 1.09. The molecule has 0 amide bonds. The van der Waals surface area contributed by atoms with Crippen molar-refractivity contribution in [3.05, 3.63) is 27.8 Å². The lowest BCUT2D eigenvalue weighted by Gasteiger charge is -2.27. The summed E-state index contributed by atoms with van der Waals surface area (Å²) in [5.41, 5.74) is 1.08. The Balaban J connectivity index is 3.08. The quantitative estimate of drug-likeness (QED) is 0.433. The molecule has 0 fully saturated rings. The maximum atomic E-state index is 4.71. The molecule has 16 heavy (non-hydrogen) atoms. The molecule has 1 aromatic rings. The van der Waals surface area contributed by atoms with E-state index in [-0.39, 0.29) is 5.41 Å². The van der Waals surface area contributed by atoms with Crippen molar-refractivity contribution >= 4 is 34.1 Å². The Hall–Kier alpha value is -0.580. The van der Waals surface area contributed by atoms with Crippen molar-refractivity contribution in [2.75, 3.05) is 14.1 Å². The minimum Gasteiger partial charge on any atom is -0.366 e. The van der Waals surface area contributed by atoms with Crippen LogP contribution < -0.4 is 0 Å². The van der Waals surface area contributed by atoms with Gasteiger partial charge in [-0.1, -0.05) is 20.8 Å². The number of nitrogens with zero attached hydrogens (tertiary/aromatic N) is 2. The van der Waals surface area contributed by atoms with Gasteiger partial charge in [-0.05, 0) is 46.9 Å². The second kappa shape index (κ2) is 5.17. The summed E-state index contributed by atoms with van der Waals surface area (Å²) in [6.07, 6.45) is 0. The highest BCUT2D eigenvalue weighted by Crippen LogP contribution is 2.22. The summed E-state index contributed by atoms with van der Waals surface area (Å²) in [5, 5.41) is 0. The van der Waals surface area contributed by atoms with Crippen LogP contribution in [0.1, 0.15) is 20.8 Å². The Bertz CT molecular complexity index is 372. The lowest BCUT2D eigenvalue weighted by atomic mass is 9.94. The highest BCUT2D eigenvalue weighted by molar-refractivity contribution is 14.1. The van der Waals surface area contributed by atoms with Crippen LogP contribution in [0, 0.1) is 8.99 Å². The molecule has 0 spiro atoms. The van der Waals surface area contributed by atoms with Gasteiger partial charge in [-0.15, -0.1) is 0 Å². The van der Waals surface area contributed by atoms with E-state index in [1.165, 1.54) is 3.57 Å². The minimum atomic E-state index is 0.0620. The number of benzene rings is 1. The predicted octanol–water partition coefficient (Wildman–Crippen LogP) is 3.93. The first kappa shape index (κ1) is 13.5. The zero-order valence-electron chi connectivity index (χ0n) is 10.6. The second-order valence-electron chi connectivity index (χ2n) is 5.06. The third-order valence-corrected chi connectivity index (χ3v) is 2.88. The molecule has 3 heteroatoms. The molecule has 1 rings (SSSR count). The number of halogens is 1. The molecule has 0 heterocycles. The largest absolute Gasteiger partial charge is 0.366 e. The van der Waals surface area contributed by atoms with Crippen molar-refractivity contribution in [1.29, 1.82) is 0 Å². The Morgan fingerprint density at radius 3 is 2.00 bits per heavy atom. The normalized spacial score (nSPS) is 12.8. The molecule has 2 nitrogen and oxygen atoms in total. The van der Waals surface area contributed by atoms with Gasteiger partial charge in [-0.2, -0.15) is 0 Å². The van der Waals surface area contributed by atoms with E-state index >= 15 is 0 Å². The second-order valence-corrected chi connectivity index (χ2v) is 6.30. The Morgan fingerprint density at radius 1 is 1.12 bits per heavy atom. The van der Waals surface area contributed by atoms with Gasteiger partial charge in [0, 0.05) is 23.1 Å². The first-order valence-corrected chi connectivity index (χ1v) is 6.40. The van der Waals surface area contributed by atoms with Crippen molar-refractivity contribution in [3.8, 4) is 0 Å². The van der Waals surface area contributed by atoms with Crippen molar-refractivity contribution in [3.63, 3.8) is 0 Å². The SMILES string of the molecule is CN(C)C(=Nc1ccc(I)cc1)C(C)(C)C. The summed E-state index contributed by atoms with van der Waals surface area (Å²) in [6, 6.07) is 8.26. The van der Waals surface area contributed by atoms with Gasteiger partial charge >= 0.3 is 0 Å². The third kappa shape index (κ3) is 3.77. The summed E-state index contributed by atoms with van der Waals surface area (Å²) in [6.45, 7) is 6.54. The van der Waals surface area contributed by atoms with Crippen LogP contribution in [-0.2, 0) is 0 Å². The van der Waals surface area contributed by atoms with Crippen LogP contribution in [0.4, 0.5) is 5.69 Å². The number of hydrogen-bond acceptors (Lipinski definition) is 1. The molecule has 0 saturated carbocycles. The van der Waals surface area contributed by atoms with Crippen LogP contribution in [0.25, 0.3) is 0 Å². The average molecular weight is 330 g/mol. The molecule has 0 unspecified atom stereocenters. The van der Waals surface area contributed by atoms with E-state index < -0.39 is 0 Å². The average Bonchev–Trinajstić information content (AvgIpc) is 2.14. The van der Waals surface area contributed by atoms with Gasteiger partial charge in [0.25, 0.3) is 0 Å². The van der Waals surface area contributed by atoms with Crippen LogP contribution >= 0.6 is 22.6 Å². The van der Waals surface area contributed by atoms with Gasteiger partial charge in [-0.3, -0.25) is 0 Å². The fourth-order valence-electron chi connectivity index (χ4n) is 1.58. The first-order valence-electron chi connectivity index (χ1n) is 5.33. The fourth-order valence-corrected chi connectivity index (χ4v) is 1.94. The molecule has 1 aromatic carbocycles. The third-order valence-electron chi connectivity index (χ3n) is 2.16. The number of amidine groups is 1. The van der Waals surface area contributed by atoms with Gasteiger partial charge in [0.15, 0.2) is 0 Å². The summed E-state index contributed by atoms with van der Waals surface area (Å²) in [7, 11) is 4.08. The monoisotopic (exact) mass is 330 g/mol. The van der Waals surface area contributed by atoms with Gasteiger partial charge < -0.3 is 4.90 Å². The maximum absolute atomic E-state index is 4.71. The van der Waals surface area contributed by atoms with Gasteiger partial charge in [0.1, 0.15) is 5.84 Å². The maximum Gasteiger partial charge on any atom is 0.110 e. The van der Waals surface area contributed by atoms with Crippen molar-refractivity contribution in [1.82, 2.24) is 4.90 Å². The van der Waals surface area contributed by atoms with Crippen LogP contribution in [-0.4, -0.2) is 24.8 Å². The van der Waals surface area contributed by atoms with E-state index in [1.54, 1.807) is 0 Å². The highest BCUT2D eigenvalue weighted by Gasteiger charge is 2.20. The lowest BCUT2D eigenvalue weighted by molar-refractivity contribution is 0.481. The van der Waals surface area contributed by atoms with Gasteiger partial charge in [0.2, 0.25) is 0 Å². The van der Waals surface area contributed by atoms with Crippen molar-refractivity contribution in [2.24, 2.45) is 10.4 Å². The number of aliphatic imine (C=N–C) groups is 1. The number of rotatable bonds is 1. The number of hydrogen-bond donors (Lipinski definition) is 0. The zero-order chi connectivity index (χ0) is 12.3. The van der Waals surface area contributed by atoms with Crippen LogP contribution in [0.5, 0.6) is 0 Å². The molecular weight excluding hydrogens is 311 g/mol. The molecule has 0 aliphatic rings. The van der Waals surface area contributed by atoms with E-state index in [2.05, 4.69) is 72.5 Å². The molecule has 0 aliphatic carbocycles. The van der Waals surface area contributed by atoms with Gasteiger partial charge in [0.05, 0.1) is 5.69 Å². The molecule has 0 aliphatic heterocycles. The van der Waals surface area contributed by atoms with E-state index in [4.69, 9.17) is 4.99 Å². The lowest BCUT2D eigenvalue weighted by Crippen LogP contribution is -2.33. The summed E-state index contributed by atoms with van der Waals surface area (Å²) in [4.78, 5) is 6.79. The predicted molar refractivity (Wildman–Crippen MR) is 79.4 cm³/mol. The molecule has 0 aromatic heterocycles. The van der Waals surface area contributed by atoms with Crippen molar-refractivity contribution in [2.45, 2.75) is 20.8 Å². The zero-order valence-corrected chi connectivity index (χ0v) is 12.7. The molecular formula is C13H19IN2. The molecule has 0 saturated heterocycles. The van der Waals surface area contributed by atoms with E-state index in [1.807, 2.05) is 14.1 Å². The van der Waals surface area contributed by atoms with E-state index in [0.29, 0.717) is 0 Å². The molecule has 0 bridgehead atoms. The molecule has 88 valence electrons. The van der Waals surface area contributed by atoms with Crippen LogP contribution in [0.15, 0.2) is 29.3 Å². The van der Waals surface area contributed by atoms with Crippen LogP contribution in [0.2, 0.25) is 0 Å². The molecule has 0 radical (unpaired) electrons. The highest BCUT2D eigenvalue weighted by atomic mass is 127. The Morgan fingerprint density at radius 2 is 1.62 bits per heavy atom. The summed E-state index contributed by atoms with van der Waals surface area (Å²) < 4.78 is 1.23. The summed E-state index contributed by atoms with van der Waals surface area (Å²) >= 11 is 2.30. The standard InChI is InChI=1S/C13H19IN2/c1-13(2,3)12(16(4)5)15-11-8-6-10(14)7-9-11/h6-9H,1-5H3. The molecule has 0 atom stereocenters. The van der Waals surface area contributed by atoms with Gasteiger partial charge in [-0.25, -0.2) is 4.99 Å². The first-order chi connectivity index (χ1) is 7.30. The van der Waals surface area contributed by atoms with E-state index in [0.717, 1.165) is 11.5 Å². The Labute approximate surface area is 112 Å². The Kier molecular flexibility index (Phi) is 4.35.